The summed E-state index contributed by atoms with van der Waals surface area (Å²) >= 11 is 5.63. The molecular weight excluding hydrogens is 257 g/mol. The molecular formula is C13H15ClFNO2. The van der Waals surface area contributed by atoms with Crippen molar-refractivity contribution < 1.29 is 13.9 Å². The van der Waals surface area contributed by atoms with Crippen LogP contribution in [0.4, 0.5) is 4.39 Å². The van der Waals surface area contributed by atoms with E-state index in [1.165, 1.54) is 12.1 Å². The minimum atomic E-state index is -0.686. The zero-order valence-corrected chi connectivity index (χ0v) is 10.8. The van der Waals surface area contributed by atoms with Crippen molar-refractivity contribution >= 4 is 17.6 Å². The number of esters is 1. The van der Waals surface area contributed by atoms with E-state index in [0.29, 0.717) is 12.8 Å². The molecule has 1 aliphatic heterocycles. The first-order chi connectivity index (χ1) is 8.58. The number of carbonyl (C=O) groups excluding carboxylic acids is 1. The van der Waals surface area contributed by atoms with Gasteiger partial charge in [-0.1, -0.05) is 17.7 Å². The standard InChI is InChI=1S/C13H15ClFNO2/c1-8-7-9(5-6-16-8)13(17)18-11-4-2-3-10(14)12(11)15/h2-4,8-9,16H,5-7H2,1H3. The molecule has 1 N–H and O–H groups in total. The van der Waals surface area contributed by atoms with Gasteiger partial charge in [0.05, 0.1) is 10.9 Å². The van der Waals surface area contributed by atoms with E-state index in [4.69, 9.17) is 16.3 Å². The summed E-state index contributed by atoms with van der Waals surface area (Å²) in [5.41, 5.74) is 0. The van der Waals surface area contributed by atoms with Crippen LogP contribution in [0.25, 0.3) is 0 Å². The molecule has 1 saturated heterocycles. The maximum absolute atomic E-state index is 13.6. The summed E-state index contributed by atoms with van der Waals surface area (Å²) in [7, 11) is 0. The van der Waals surface area contributed by atoms with E-state index < -0.39 is 5.82 Å². The molecule has 98 valence electrons. The van der Waals surface area contributed by atoms with Crippen LogP contribution in [0.2, 0.25) is 5.02 Å². The summed E-state index contributed by atoms with van der Waals surface area (Å²) in [5, 5.41) is 3.21. The third-order valence-corrected chi connectivity index (χ3v) is 3.38. The topological polar surface area (TPSA) is 38.3 Å². The molecule has 2 unspecified atom stereocenters. The second kappa shape index (κ2) is 5.67. The van der Waals surface area contributed by atoms with Crippen molar-refractivity contribution in [3.8, 4) is 5.75 Å². The first-order valence-corrected chi connectivity index (χ1v) is 6.35. The Labute approximate surface area is 110 Å². The molecule has 1 aliphatic rings. The summed E-state index contributed by atoms with van der Waals surface area (Å²) < 4.78 is 18.7. The molecule has 0 amide bonds. The van der Waals surface area contributed by atoms with Crippen LogP contribution in [-0.2, 0) is 4.79 Å². The number of benzene rings is 1. The number of halogens is 2. The van der Waals surface area contributed by atoms with Gasteiger partial charge in [-0.2, -0.15) is 0 Å². The Morgan fingerprint density at radius 3 is 3.06 bits per heavy atom. The van der Waals surface area contributed by atoms with Crippen LogP contribution in [0.15, 0.2) is 18.2 Å². The summed E-state index contributed by atoms with van der Waals surface area (Å²) in [6.45, 7) is 2.79. The molecule has 1 fully saturated rings. The molecule has 1 aromatic rings. The Balaban J connectivity index is 2.04. The van der Waals surface area contributed by atoms with Gasteiger partial charge in [0.15, 0.2) is 11.6 Å². The Morgan fingerprint density at radius 1 is 1.56 bits per heavy atom. The van der Waals surface area contributed by atoms with Gasteiger partial charge in [0.2, 0.25) is 0 Å². The predicted molar refractivity (Wildman–Crippen MR) is 67.2 cm³/mol. The van der Waals surface area contributed by atoms with Crippen molar-refractivity contribution in [2.45, 2.75) is 25.8 Å². The molecule has 18 heavy (non-hydrogen) atoms. The lowest BCUT2D eigenvalue weighted by atomic mass is 9.93. The van der Waals surface area contributed by atoms with Gasteiger partial charge >= 0.3 is 5.97 Å². The van der Waals surface area contributed by atoms with Crippen LogP contribution in [0, 0.1) is 11.7 Å². The van der Waals surface area contributed by atoms with Crippen LogP contribution in [-0.4, -0.2) is 18.6 Å². The molecule has 0 aromatic heterocycles. The highest BCUT2D eigenvalue weighted by Crippen LogP contribution is 2.26. The highest BCUT2D eigenvalue weighted by atomic mass is 35.5. The molecule has 0 radical (unpaired) electrons. The van der Waals surface area contributed by atoms with Crippen molar-refractivity contribution in [2.24, 2.45) is 5.92 Å². The Bertz CT molecular complexity index is 453. The van der Waals surface area contributed by atoms with Gasteiger partial charge in [-0.15, -0.1) is 0 Å². The number of carbonyl (C=O) groups is 1. The average Bonchev–Trinajstić information content (AvgIpc) is 2.35. The van der Waals surface area contributed by atoms with Crippen LogP contribution in [0.1, 0.15) is 19.8 Å². The first kappa shape index (κ1) is 13.3. The van der Waals surface area contributed by atoms with Crippen molar-refractivity contribution in [1.29, 1.82) is 0 Å². The molecule has 0 saturated carbocycles. The third kappa shape index (κ3) is 3.00. The molecule has 2 rings (SSSR count). The molecule has 0 bridgehead atoms. The number of piperidine rings is 1. The maximum atomic E-state index is 13.6. The van der Waals surface area contributed by atoms with E-state index in [2.05, 4.69) is 5.32 Å². The first-order valence-electron chi connectivity index (χ1n) is 5.97. The van der Waals surface area contributed by atoms with E-state index >= 15 is 0 Å². The zero-order valence-electron chi connectivity index (χ0n) is 10.1. The summed E-state index contributed by atoms with van der Waals surface area (Å²) in [6.07, 6.45) is 1.42. The van der Waals surface area contributed by atoms with Crippen molar-refractivity contribution in [2.75, 3.05) is 6.54 Å². The molecule has 1 heterocycles. The lowest BCUT2D eigenvalue weighted by Gasteiger charge is -2.26. The normalized spacial score (nSPS) is 23.7. The van der Waals surface area contributed by atoms with Crippen molar-refractivity contribution in [3.63, 3.8) is 0 Å². The third-order valence-electron chi connectivity index (χ3n) is 3.08. The molecule has 3 nitrogen and oxygen atoms in total. The molecule has 1 aromatic carbocycles. The van der Waals surface area contributed by atoms with Gasteiger partial charge in [0, 0.05) is 6.04 Å². The second-order valence-electron chi connectivity index (χ2n) is 4.55. The largest absolute Gasteiger partial charge is 0.423 e. The Kier molecular flexibility index (Phi) is 4.19. The van der Waals surface area contributed by atoms with Gasteiger partial charge in [0.25, 0.3) is 0 Å². The fourth-order valence-corrected chi connectivity index (χ4v) is 2.27. The van der Waals surface area contributed by atoms with E-state index in [1.807, 2.05) is 6.92 Å². The number of ether oxygens (including phenoxy) is 1. The molecule has 2 atom stereocenters. The number of hydrogen-bond donors (Lipinski definition) is 1. The summed E-state index contributed by atoms with van der Waals surface area (Å²) in [6, 6.07) is 4.66. The van der Waals surface area contributed by atoms with Crippen LogP contribution >= 0.6 is 11.6 Å². The second-order valence-corrected chi connectivity index (χ2v) is 4.96. The lowest BCUT2D eigenvalue weighted by molar-refractivity contribution is -0.140. The van der Waals surface area contributed by atoms with E-state index in [0.717, 1.165) is 6.54 Å². The quantitative estimate of drug-likeness (QED) is 0.664. The SMILES string of the molecule is CC1CC(C(=O)Oc2cccc(Cl)c2F)CCN1. The fraction of sp³-hybridized carbons (Fsp3) is 0.462. The number of nitrogens with one attached hydrogen (secondary N) is 1. The highest BCUT2D eigenvalue weighted by Gasteiger charge is 2.27. The fourth-order valence-electron chi connectivity index (χ4n) is 2.10. The lowest BCUT2D eigenvalue weighted by Crippen LogP contribution is -2.39. The average molecular weight is 272 g/mol. The Morgan fingerprint density at radius 2 is 2.33 bits per heavy atom. The minimum absolute atomic E-state index is 0.0426. The number of rotatable bonds is 2. The van der Waals surface area contributed by atoms with E-state index in [9.17, 15) is 9.18 Å². The van der Waals surface area contributed by atoms with Crippen molar-refractivity contribution in [1.82, 2.24) is 5.32 Å². The van der Waals surface area contributed by atoms with Gasteiger partial charge in [-0.3, -0.25) is 4.79 Å². The van der Waals surface area contributed by atoms with Gasteiger partial charge < -0.3 is 10.1 Å². The molecule has 5 heteroatoms. The zero-order chi connectivity index (χ0) is 13.1. The number of hydrogen-bond acceptors (Lipinski definition) is 3. The van der Waals surface area contributed by atoms with Gasteiger partial charge in [0.1, 0.15) is 0 Å². The van der Waals surface area contributed by atoms with Crippen LogP contribution in [0.3, 0.4) is 0 Å². The molecule has 0 aliphatic carbocycles. The Hall–Kier alpha value is -1.13. The van der Waals surface area contributed by atoms with Gasteiger partial charge in [-0.25, -0.2) is 4.39 Å². The highest BCUT2D eigenvalue weighted by molar-refractivity contribution is 6.30. The smallest absolute Gasteiger partial charge is 0.314 e. The predicted octanol–water partition coefficient (Wildman–Crippen LogP) is 2.77. The maximum Gasteiger partial charge on any atom is 0.314 e. The summed E-state index contributed by atoms with van der Waals surface area (Å²) in [4.78, 5) is 11.9. The van der Waals surface area contributed by atoms with E-state index in [1.54, 1.807) is 6.07 Å². The molecule has 0 spiro atoms. The minimum Gasteiger partial charge on any atom is -0.423 e. The van der Waals surface area contributed by atoms with Crippen LogP contribution < -0.4 is 10.1 Å². The van der Waals surface area contributed by atoms with Crippen molar-refractivity contribution in [3.05, 3.63) is 29.0 Å². The van der Waals surface area contributed by atoms with Gasteiger partial charge in [-0.05, 0) is 38.4 Å². The summed E-state index contributed by atoms with van der Waals surface area (Å²) in [5.74, 6) is -1.35. The monoisotopic (exact) mass is 271 g/mol. The van der Waals surface area contributed by atoms with E-state index in [-0.39, 0.29) is 28.7 Å². The van der Waals surface area contributed by atoms with Crippen LogP contribution in [0.5, 0.6) is 5.75 Å².